The molecule has 0 saturated carbocycles. The molecular weight excluding hydrogens is 222 g/mol. The zero-order valence-corrected chi connectivity index (χ0v) is 9.35. The van der Waals surface area contributed by atoms with E-state index in [-0.39, 0.29) is 10.6 Å². The minimum atomic E-state index is -0.526. The molecule has 1 spiro atoms. The molecule has 1 aromatic rings. The van der Waals surface area contributed by atoms with Gasteiger partial charge in [-0.15, -0.1) is 0 Å². The molecule has 1 heterocycles. The molecule has 1 aromatic carbocycles. The number of nitro benzene ring substituents is 1. The van der Waals surface area contributed by atoms with Crippen LogP contribution in [0.1, 0.15) is 17.5 Å². The summed E-state index contributed by atoms with van der Waals surface area (Å²) < 4.78 is 11.3. The first-order valence-electron chi connectivity index (χ1n) is 5.73. The molecule has 0 radical (unpaired) electrons. The highest BCUT2D eigenvalue weighted by molar-refractivity contribution is 5.42. The van der Waals surface area contributed by atoms with Crippen molar-refractivity contribution in [2.24, 2.45) is 0 Å². The lowest BCUT2D eigenvalue weighted by atomic mass is 9.87. The van der Waals surface area contributed by atoms with Gasteiger partial charge in [-0.1, -0.05) is 6.07 Å². The number of fused-ring (bicyclic) bond motifs is 1. The highest BCUT2D eigenvalue weighted by Gasteiger charge is 2.40. The second-order valence-electron chi connectivity index (χ2n) is 4.49. The van der Waals surface area contributed by atoms with Gasteiger partial charge in [-0.25, -0.2) is 0 Å². The van der Waals surface area contributed by atoms with Crippen LogP contribution in [0.25, 0.3) is 0 Å². The number of hydrogen-bond acceptors (Lipinski definition) is 4. The number of non-ortho nitro benzene ring substituents is 1. The molecule has 17 heavy (non-hydrogen) atoms. The molecule has 0 atom stereocenters. The van der Waals surface area contributed by atoms with Crippen LogP contribution in [0.2, 0.25) is 0 Å². The topological polar surface area (TPSA) is 61.6 Å². The van der Waals surface area contributed by atoms with E-state index in [0.29, 0.717) is 19.6 Å². The van der Waals surface area contributed by atoms with Crippen molar-refractivity contribution in [1.29, 1.82) is 0 Å². The Labute approximate surface area is 98.5 Å². The molecule has 3 rings (SSSR count). The molecule has 1 fully saturated rings. The van der Waals surface area contributed by atoms with Crippen molar-refractivity contribution in [1.82, 2.24) is 0 Å². The minimum absolute atomic E-state index is 0.138. The molecule has 0 N–H and O–H groups in total. The maximum Gasteiger partial charge on any atom is 0.269 e. The Morgan fingerprint density at radius 2 is 2.00 bits per heavy atom. The van der Waals surface area contributed by atoms with E-state index in [1.807, 2.05) is 6.07 Å². The Balaban J connectivity index is 1.94. The third-order valence-electron chi connectivity index (χ3n) is 3.45. The van der Waals surface area contributed by atoms with Gasteiger partial charge >= 0.3 is 0 Å². The minimum Gasteiger partial charge on any atom is -0.347 e. The van der Waals surface area contributed by atoms with Crippen molar-refractivity contribution in [2.75, 3.05) is 13.2 Å². The van der Waals surface area contributed by atoms with E-state index in [0.717, 1.165) is 18.4 Å². The number of hydrogen-bond donors (Lipinski definition) is 0. The van der Waals surface area contributed by atoms with Crippen LogP contribution in [0.15, 0.2) is 18.2 Å². The zero-order chi connectivity index (χ0) is 11.9. The summed E-state index contributed by atoms with van der Waals surface area (Å²) in [5.41, 5.74) is 2.28. The third kappa shape index (κ3) is 1.81. The van der Waals surface area contributed by atoms with E-state index < -0.39 is 5.79 Å². The molecule has 5 heteroatoms. The van der Waals surface area contributed by atoms with Crippen molar-refractivity contribution < 1.29 is 14.4 Å². The van der Waals surface area contributed by atoms with Crippen LogP contribution >= 0.6 is 0 Å². The van der Waals surface area contributed by atoms with Crippen LogP contribution in [0.5, 0.6) is 0 Å². The molecule has 1 aliphatic carbocycles. The van der Waals surface area contributed by atoms with E-state index in [9.17, 15) is 10.1 Å². The molecule has 1 saturated heterocycles. The lowest BCUT2D eigenvalue weighted by Gasteiger charge is -2.32. The molecule has 2 aliphatic rings. The third-order valence-corrected chi connectivity index (χ3v) is 3.45. The van der Waals surface area contributed by atoms with Crippen LogP contribution in [0.4, 0.5) is 5.69 Å². The number of nitro groups is 1. The van der Waals surface area contributed by atoms with E-state index in [4.69, 9.17) is 9.47 Å². The van der Waals surface area contributed by atoms with Gasteiger partial charge in [0.05, 0.1) is 18.1 Å². The van der Waals surface area contributed by atoms with Gasteiger partial charge in [0, 0.05) is 25.0 Å². The molecule has 0 unspecified atom stereocenters. The first kappa shape index (κ1) is 10.7. The van der Waals surface area contributed by atoms with Crippen molar-refractivity contribution in [3.63, 3.8) is 0 Å². The largest absolute Gasteiger partial charge is 0.347 e. The van der Waals surface area contributed by atoms with Gasteiger partial charge in [0.1, 0.15) is 0 Å². The lowest BCUT2D eigenvalue weighted by molar-refractivity contribution is -0.385. The molecule has 5 nitrogen and oxygen atoms in total. The van der Waals surface area contributed by atoms with Gasteiger partial charge in [-0.2, -0.15) is 0 Å². The first-order chi connectivity index (χ1) is 8.19. The summed E-state index contributed by atoms with van der Waals surface area (Å²) in [7, 11) is 0. The van der Waals surface area contributed by atoms with Gasteiger partial charge in [0.15, 0.2) is 5.79 Å². The maximum atomic E-state index is 10.7. The second-order valence-corrected chi connectivity index (χ2v) is 4.49. The number of benzene rings is 1. The van der Waals surface area contributed by atoms with E-state index in [1.54, 1.807) is 12.1 Å². The molecular formula is C12H13NO4. The van der Waals surface area contributed by atoms with Gasteiger partial charge < -0.3 is 9.47 Å². The van der Waals surface area contributed by atoms with Gasteiger partial charge in [-0.05, 0) is 17.5 Å². The molecule has 1 aliphatic heterocycles. The summed E-state index contributed by atoms with van der Waals surface area (Å²) in [5.74, 6) is -0.526. The Kier molecular flexibility index (Phi) is 2.38. The fourth-order valence-electron chi connectivity index (χ4n) is 2.58. The predicted octanol–water partition coefficient (Wildman–Crippen LogP) is 1.83. The predicted molar refractivity (Wildman–Crippen MR) is 59.8 cm³/mol. The Hall–Kier alpha value is -1.46. The molecule has 0 bridgehead atoms. The molecule has 0 aromatic heterocycles. The SMILES string of the molecule is O=[N+]([O-])c1ccc2c(c1)CC1(CC2)OCCO1. The summed E-state index contributed by atoms with van der Waals surface area (Å²) >= 11 is 0. The van der Waals surface area contributed by atoms with Crippen molar-refractivity contribution in [3.8, 4) is 0 Å². The fourth-order valence-corrected chi connectivity index (χ4v) is 2.58. The Bertz CT molecular complexity index is 466. The maximum absolute atomic E-state index is 10.7. The van der Waals surface area contributed by atoms with E-state index in [2.05, 4.69) is 0 Å². The van der Waals surface area contributed by atoms with Crippen molar-refractivity contribution in [2.45, 2.75) is 25.0 Å². The van der Waals surface area contributed by atoms with Crippen LogP contribution in [-0.2, 0) is 22.3 Å². The number of nitrogens with zero attached hydrogens (tertiary/aromatic N) is 1. The van der Waals surface area contributed by atoms with Crippen LogP contribution in [0, 0.1) is 10.1 Å². The van der Waals surface area contributed by atoms with Gasteiger partial charge in [0.2, 0.25) is 0 Å². The lowest BCUT2D eigenvalue weighted by Crippen LogP contribution is -2.36. The van der Waals surface area contributed by atoms with Gasteiger partial charge in [0.25, 0.3) is 5.69 Å². The summed E-state index contributed by atoms with van der Waals surface area (Å²) in [5, 5.41) is 10.7. The van der Waals surface area contributed by atoms with E-state index >= 15 is 0 Å². The Morgan fingerprint density at radius 3 is 2.71 bits per heavy atom. The Morgan fingerprint density at radius 1 is 1.24 bits per heavy atom. The summed E-state index contributed by atoms with van der Waals surface area (Å²) in [6.45, 7) is 1.23. The summed E-state index contributed by atoms with van der Waals surface area (Å²) in [6, 6.07) is 5.05. The van der Waals surface area contributed by atoms with Crippen molar-refractivity contribution in [3.05, 3.63) is 39.4 Å². The van der Waals surface area contributed by atoms with Crippen LogP contribution < -0.4 is 0 Å². The van der Waals surface area contributed by atoms with Crippen molar-refractivity contribution >= 4 is 5.69 Å². The quantitative estimate of drug-likeness (QED) is 0.550. The normalized spacial score (nSPS) is 21.4. The summed E-state index contributed by atoms with van der Waals surface area (Å²) in [6.07, 6.45) is 2.30. The highest BCUT2D eigenvalue weighted by Crippen LogP contribution is 2.36. The highest BCUT2D eigenvalue weighted by atomic mass is 16.7. The number of rotatable bonds is 1. The summed E-state index contributed by atoms with van der Waals surface area (Å²) in [4.78, 5) is 10.4. The standard InChI is InChI=1S/C12H13NO4/c14-13(15)11-2-1-9-3-4-12(8-10(9)7-11)16-5-6-17-12/h1-2,7H,3-6,8H2. The smallest absolute Gasteiger partial charge is 0.269 e. The second kappa shape index (κ2) is 3.78. The number of ether oxygens (including phenoxy) is 2. The van der Waals surface area contributed by atoms with Crippen LogP contribution in [0.3, 0.4) is 0 Å². The van der Waals surface area contributed by atoms with Gasteiger partial charge in [-0.3, -0.25) is 10.1 Å². The van der Waals surface area contributed by atoms with Crippen LogP contribution in [-0.4, -0.2) is 23.9 Å². The molecule has 0 amide bonds. The average Bonchev–Trinajstić information content (AvgIpc) is 2.76. The molecule has 90 valence electrons. The number of aryl methyl sites for hydroxylation is 1. The average molecular weight is 235 g/mol. The monoisotopic (exact) mass is 235 g/mol. The zero-order valence-electron chi connectivity index (χ0n) is 9.35. The van der Waals surface area contributed by atoms with E-state index in [1.165, 1.54) is 5.56 Å². The fraction of sp³-hybridized carbons (Fsp3) is 0.500. The first-order valence-corrected chi connectivity index (χ1v) is 5.73.